The van der Waals surface area contributed by atoms with Crippen LogP contribution in [0.5, 0.6) is 0 Å². The van der Waals surface area contributed by atoms with E-state index >= 15 is 0 Å². The van der Waals surface area contributed by atoms with Crippen molar-refractivity contribution in [2.24, 2.45) is 17.6 Å². The fourth-order valence-electron chi connectivity index (χ4n) is 2.14. The molecule has 1 unspecified atom stereocenters. The predicted molar refractivity (Wildman–Crippen MR) is 57.9 cm³/mol. The number of nitrogens with two attached hydrogens (primary N) is 1. The van der Waals surface area contributed by atoms with Gasteiger partial charge < -0.3 is 10.8 Å². The van der Waals surface area contributed by atoms with E-state index in [9.17, 15) is 13.2 Å². The minimum Gasteiger partial charge on any atom is -0.396 e. The Morgan fingerprint density at radius 3 is 2.06 bits per heavy atom. The summed E-state index contributed by atoms with van der Waals surface area (Å²) in [6.45, 7) is -0.800. The summed E-state index contributed by atoms with van der Waals surface area (Å²) in [5.41, 5.74) is 5.67. The van der Waals surface area contributed by atoms with Gasteiger partial charge in [0.15, 0.2) is 0 Å². The summed E-state index contributed by atoms with van der Waals surface area (Å²) in [5.74, 6) is -1.49. The van der Waals surface area contributed by atoms with Crippen molar-refractivity contribution in [3.05, 3.63) is 0 Å². The average molecular weight is 241 g/mol. The zero-order valence-electron chi connectivity index (χ0n) is 8.63. The quantitative estimate of drug-likeness (QED) is 0.798. The van der Waals surface area contributed by atoms with Crippen LogP contribution in [0.4, 0.5) is 13.2 Å². The van der Waals surface area contributed by atoms with Crippen LogP contribution < -0.4 is 5.73 Å². The first kappa shape index (κ1) is 15.7. The first-order chi connectivity index (χ1) is 6.93. The number of hydrogen-bond acceptors (Lipinski definition) is 2. The van der Waals surface area contributed by atoms with Crippen LogP contribution in [0.2, 0.25) is 0 Å². The minimum absolute atomic E-state index is 0. The van der Waals surface area contributed by atoms with Crippen LogP contribution in [-0.4, -0.2) is 23.9 Å². The molecule has 5 heteroatoms. The molecule has 0 amide bonds. The van der Waals surface area contributed by atoms with Crippen molar-refractivity contribution >= 4 is 0 Å². The van der Waals surface area contributed by atoms with Gasteiger partial charge in [-0.1, -0.05) is 7.43 Å². The third-order valence-electron chi connectivity index (χ3n) is 3.19. The molecule has 0 heterocycles. The zero-order chi connectivity index (χ0) is 11.5. The molecule has 0 spiro atoms. The van der Waals surface area contributed by atoms with Gasteiger partial charge in [-0.2, -0.15) is 13.2 Å². The van der Waals surface area contributed by atoms with Gasteiger partial charge in [-0.05, 0) is 38.0 Å². The van der Waals surface area contributed by atoms with Crippen molar-refractivity contribution < 1.29 is 18.3 Å². The highest BCUT2D eigenvalue weighted by Gasteiger charge is 2.40. The SMILES string of the molecule is C.NC1CCC(CC(CO)C(F)(F)F)CC1. The Labute approximate surface area is 95.0 Å². The standard InChI is InChI=1S/C10H18F3NO.CH4/c11-10(12,13)8(6-15)5-7-1-3-9(14)4-2-7;/h7-9,15H,1-6,14H2;1H4. The number of aliphatic hydroxyl groups excluding tert-OH is 1. The number of hydrogen-bond donors (Lipinski definition) is 2. The zero-order valence-corrected chi connectivity index (χ0v) is 8.63. The van der Waals surface area contributed by atoms with Crippen LogP contribution >= 0.6 is 0 Å². The van der Waals surface area contributed by atoms with Gasteiger partial charge in [0.1, 0.15) is 0 Å². The molecule has 1 aliphatic rings. The van der Waals surface area contributed by atoms with Gasteiger partial charge in [-0.15, -0.1) is 0 Å². The Kier molecular flexibility index (Phi) is 6.33. The third kappa shape index (κ3) is 4.70. The van der Waals surface area contributed by atoms with E-state index in [-0.39, 0.29) is 25.8 Å². The van der Waals surface area contributed by atoms with Crippen LogP contribution in [-0.2, 0) is 0 Å². The van der Waals surface area contributed by atoms with E-state index in [4.69, 9.17) is 10.8 Å². The van der Waals surface area contributed by atoms with Crippen LogP contribution in [0.1, 0.15) is 39.5 Å². The fraction of sp³-hybridized carbons (Fsp3) is 1.00. The fourth-order valence-corrected chi connectivity index (χ4v) is 2.14. The number of rotatable bonds is 3. The summed E-state index contributed by atoms with van der Waals surface area (Å²) in [7, 11) is 0. The lowest BCUT2D eigenvalue weighted by atomic mass is 9.81. The Morgan fingerprint density at radius 2 is 1.69 bits per heavy atom. The maximum atomic E-state index is 12.4. The Balaban J connectivity index is 0.00000225. The van der Waals surface area contributed by atoms with Crippen molar-refractivity contribution in [3.63, 3.8) is 0 Å². The number of alkyl halides is 3. The van der Waals surface area contributed by atoms with Crippen molar-refractivity contribution in [2.75, 3.05) is 6.61 Å². The van der Waals surface area contributed by atoms with Crippen molar-refractivity contribution in [1.82, 2.24) is 0 Å². The molecular formula is C11H22F3NO. The first-order valence-corrected chi connectivity index (χ1v) is 5.36. The molecule has 0 saturated heterocycles. The second-order valence-electron chi connectivity index (χ2n) is 4.44. The van der Waals surface area contributed by atoms with E-state index in [1.54, 1.807) is 0 Å². The lowest BCUT2D eigenvalue weighted by Gasteiger charge is -2.29. The van der Waals surface area contributed by atoms with E-state index in [2.05, 4.69) is 0 Å². The highest BCUT2D eigenvalue weighted by atomic mass is 19.4. The molecule has 0 aromatic heterocycles. The summed E-state index contributed by atoms with van der Waals surface area (Å²) >= 11 is 0. The van der Waals surface area contributed by atoms with Gasteiger partial charge in [0.2, 0.25) is 0 Å². The van der Waals surface area contributed by atoms with E-state index in [0.717, 1.165) is 25.7 Å². The highest BCUT2D eigenvalue weighted by molar-refractivity contribution is 4.78. The molecule has 1 atom stereocenters. The lowest BCUT2D eigenvalue weighted by molar-refractivity contribution is -0.189. The van der Waals surface area contributed by atoms with E-state index < -0.39 is 18.7 Å². The van der Waals surface area contributed by atoms with Gasteiger partial charge in [-0.3, -0.25) is 0 Å². The van der Waals surface area contributed by atoms with Crippen LogP contribution in [0.3, 0.4) is 0 Å². The number of halogens is 3. The lowest BCUT2D eigenvalue weighted by Crippen LogP contribution is -2.32. The smallest absolute Gasteiger partial charge is 0.394 e. The number of aliphatic hydroxyl groups is 1. The largest absolute Gasteiger partial charge is 0.396 e. The molecule has 0 aromatic rings. The average Bonchev–Trinajstić information content (AvgIpc) is 2.15. The van der Waals surface area contributed by atoms with Gasteiger partial charge in [0, 0.05) is 6.04 Å². The molecule has 0 aromatic carbocycles. The van der Waals surface area contributed by atoms with Gasteiger partial charge in [0.25, 0.3) is 0 Å². The Bertz CT molecular complexity index is 188. The maximum Gasteiger partial charge on any atom is 0.394 e. The normalized spacial score (nSPS) is 28.3. The molecule has 0 radical (unpaired) electrons. The monoisotopic (exact) mass is 241 g/mol. The van der Waals surface area contributed by atoms with E-state index in [0.29, 0.717) is 0 Å². The molecule has 1 fully saturated rings. The van der Waals surface area contributed by atoms with Gasteiger partial charge in [0.05, 0.1) is 12.5 Å². The maximum absolute atomic E-state index is 12.4. The summed E-state index contributed by atoms with van der Waals surface area (Å²) < 4.78 is 37.1. The molecule has 3 N–H and O–H groups in total. The van der Waals surface area contributed by atoms with Crippen LogP contribution in [0.15, 0.2) is 0 Å². The molecule has 2 nitrogen and oxygen atoms in total. The summed E-state index contributed by atoms with van der Waals surface area (Å²) in [4.78, 5) is 0. The van der Waals surface area contributed by atoms with E-state index in [1.165, 1.54) is 0 Å². The molecule has 1 aliphatic carbocycles. The van der Waals surface area contributed by atoms with Gasteiger partial charge in [-0.25, -0.2) is 0 Å². The molecule has 1 saturated carbocycles. The molecule has 16 heavy (non-hydrogen) atoms. The molecular weight excluding hydrogens is 219 g/mol. The molecule has 98 valence electrons. The minimum atomic E-state index is -4.27. The Hall–Kier alpha value is -0.290. The molecule has 1 rings (SSSR count). The second kappa shape index (κ2) is 6.45. The summed E-state index contributed by atoms with van der Waals surface area (Å²) in [6, 6.07) is 0.153. The predicted octanol–water partition coefficient (Wildman–Crippen LogP) is 2.70. The van der Waals surface area contributed by atoms with Gasteiger partial charge >= 0.3 is 6.18 Å². The van der Waals surface area contributed by atoms with Crippen LogP contribution in [0.25, 0.3) is 0 Å². The molecule has 0 aliphatic heterocycles. The first-order valence-electron chi connectivity index (χ1n) is 5.36. The van der Waals surface area contributed by atoms with E-state index in [1.807, 2.05) is 0 Å². The van der Waals surface area contributed by atoms with Crippen molar-refractivity contribution in [3.8, 4) is 0 Å². The third-order valence-corrected chi connectivity index (χ3v) is 3.19. The van der Waals surface area contributed by atoms with Crippen molar-refractivity contribution in [1.29, 1.82) is 0 Å². The second-order valence-corrected chi connectivity index (χ2v) is 4.44. The summed E-state index contributed by atoms with van der Waals surface area (Å²) in [5, 5.41) is 8.70. The van der Waals surface area contributed by atoms with Crippen molar-refractivity contribution in [2.45, 2.75) is 51.7 Å². The Morgan fingerprint density at radius 1 is 1.19 bits per heavy atom. The topological polar surface area (TPSA) is 46.2 Å². The molecule has 0 bridgehead atoms. The summed E-state index contributed by atoms with van der Waals surface area (Å²) in [6.07, 6.45) is -1.09. The van der Waals surface area contributed by atoms with Crippen LogP contribution in [0, 0.1) is 11.8 Å². The highest BCUT2D eigenvalue weighted by Crippen LogP contribution is 2.35.